The van der Waals surface area contributed by atoms with E-state index < -0.39 is 0 Å². The lowest BCUT2D eigenvalue weighted by Crippen LogP contribution is -2.31. The van der Waals surface area contributed by atoms with E-state index in [9.17, 15) is 4.39 Å². The zero-order valence-corrected chi connectivity index (χ0v) is 10.8. The fraction of sp³-hybridized carbons (Fsp3) is 0.250. The van der Waals surface area contributed by atoms with Crippen LogP contribution in [0, 0.1) is 5.82 Å². The fourth-order valence-electron chi connectivity index (χ4n) is 1.65. The minimum absolute atomic E-state index is 0.116. The number of nitrogens with two attached hydrogens (primary N) is 1. The van der Waals surface area contributed by atoms with Crippen LogP contribution in [-0.4, -0.2) is 15.3 Å². The van der Waals surface area contributed by atoms with Gasteiger partial charge < -0.3 is 4.57 Å². The highest BCUT2D eigenvalue weighted by Gasteiger charge is 2.15. The molecule has 0 radical (unpaired) electrons. The number of rotatable bonds is 5. The Bertz CT molecular complexity index is 514. The average molecular weight is 266 g/mol. The SMILES string of the molecule is Cn1ccnc1C(CSc1ccccc1F)NN. The molecule has 0 amide bonds. The van der Waals surface area contributed by atoms with Crippen LogP contribution in [0.4, 0.5) is 4.39 Å². The molecule has 6 heteroatoms. The van der Waals surface area contributed by atoms with Crippen molar-refractivity contribution in [2.45, 2.75) is 10.9 Å². The molecule has 0 aliphatic carbocycles. The maximum atomic E-state index is 13.5. The van der Waals surface area contributed by atoms with E-state index in [2.05, 4.69) is 10.4 Å². The quantitative estimate of drug-likeness (QED) is 0.493. The van der Waals surface area contributed by atoms with E-state index in [1.807, 2.05) is 23.9 Å². The van der Waals surface area contributed by atoms with Gasteiger partial charge in [0.05, 0.1) is 6.04 Å². The molecule has 1 unspecified atom stereocenters. The molecule has 3 N–H and O–H groups in total. The molecular formula is C12H15FN4S. The van der Waals surface area contributed by atoms with Crippen molar-refractivity contribution in [3.63, 3.8) is 0 Å². The fourth-order valence-corrected chi connectivity index (χ4v) is 2.62. The molecular weight excluding hydrogens is 251 g/mol. The zero-order chi connectivity index (χ0) is 13.0. The minimum atomic E-state index is -0.210. The van der Waals surface area contributed by atoms with Gasteiger partial charge in [-0.3, -0.25) is 5.84 Å². The number of aromatic nitrogens is 2. The Balaban J connectivity index is 2.05. The van der Waals surface area contributed by atoms with Crippen LogP contribution in [0.1, 0.15) is 11.9 Å². The lowest BCUT2D eigenvalue weighted by Gasteiger charge is -2.15. The third-order valence-corrected chi connectivity index (χ3v) is 3.76. The van der Waals surface area contributed by atoms with Gasteiger partial charge >= 0.3 is 0 Å². The Morgan fingerprint density at radius 2 is 2.28 bits per heavy atom. The van der Waals surface area contributed by atoms with Crippen molar-refractivity contribution in [3.8, 4) is 0 Å². The molecule has 0 aliphatic heterocycles. The smallest absolute Gasteiger partial charge is 0.136 e. The van der Waals surface area contributed by atoms with Crippen molar-refractivity contribution in [2.75, 3.05) is 5.75 Å². The summed E-state index contributed by atoms with van der Waals surface area (Å²) in [5.41, 5.74) is 2.71. The number of aryl methyl sites for hydroxylation is 1. The average Bonchev–Trinajstić information content (AvgIpc) is 2.79. The molecule has 2 aromatic rings. The van der Waals surface area contributed by atoms with Gasteiger partial charge in [-0.05, 0) is 12.1 Å². The van der Waals surface area contributed by atoms with Crippen LogP contribution in [0.15, 0.2) is 41.6 Å². The summed E-state index contributed by atoms with van der Waals surface area (Å²) < 4.78 is 15.4. The first-order valence-corrected chi connectivity index (χ1v) is 6.51. The molecule has 18 heavy (non-hydrogen) atoms. The molecule has 1 aromatic heterocycles. The zero-order valence-electron chi connectivity index (χ0n) is 10.0. The summed E-state index contributed by atoms with van der Waals surface area (Å²) >= 11 is 1.42. The molecule has 0 saturated carbocycles. The molecule has 0 spiro atoms. The van der Waals surface area contributed by atoms with Crippen molar-refractivity contribution in [1.82, 2.24) is 15.0 Å². The van der Waals surface area contributed by atoms with Crippen molar-refractivity contribution < 1.29 is 4.39 Å². The van der Waals surface area contributed by atoms with Gasteiger partial charge in [0, 0.05) is 30.1 Å². The highest BCUT2D eigenvalue weighted by atomic mass is 32.2. The Morgan fingerprint density at radius 1 is 1.50 bits per heavy atom. The molecule has 0 saturated heterocycles. The summed E-state index contributed by atoms with van der Waals surface area (Å²) in [6.45, 7) is 0. The summed E-state index contributed by atoms with van der Waals surface area (Å²) in [7, 11) is 1.90. The number of hydrazine groups is 1. The van der Waals surface area contributed by atoms with Gasteiger partial charge in [-0.15, -0.1) is 11.8 Å². The lowest BCUT2D eigenvalue weighted by molar-refractivity contribution is 0.555. The number of imidazole rings is 1. The minimum Gasteiger partial charge on any atom is -0.337 e. The van der Waals surface area contributed by atoms with Crippen LogP contribution in [0.3, 0.4) is 0 Å². The molecule has 2 rings (SSSR count). The third kappa shape index (κ3) is 2.90. The van der Waals surface area contributed by atoms with Crippen LogP contribution in [0.25, 0.3) is 0 Å². The summed E-state index contributed by atoms with van der Waals surface area (Å²) in [6.07, 6.45) is 3.57. The van der Waals surface area contributed by atoms with Gasteiger partial charge in [-0.1, -0.05) is 12.1 Å². The Labute approximate surface area is 109 Å². The van der Waals surface area contributed by atoms with E-state index in [1.165, 1.54) is 17.8 Å². The number of hydrogen-bond donors (Lipinski definition) is 2. The van der Waals surface area contributed by atoms with E-state index >= 15 is 0 Å². The molecule has 1 aromatic carbocycles. The summed E-state index contributed by atoms with van der Waals surface area (Å²) in [6, 6.07) is 6.59. The molecule has 0 bridgehead atoms. The number of hydrogen-bond acceptors (Lipinski definition) is 4. The molecule has 1 heterocycles. The summed E-state index contributed by atoms with van der Waals surface area (Å²) in [4.78, 5) is 4.85. The van der Waals surface area contributed by atoms with Crippen molar-refractivity contribution in [3.05, 3.63) is 48.3 Å². The van der Waals surface area contributed by atoms with Gasteiger partial charge in [0.25, 0.3) is 0 Å². The normalized spacial score (nSPS) is 12.6. The van der Waals surface area contributed by atoms with Crippen molar-refractivity contribution in [2.24, 2.45) is 12.9 Å². The second-order valence-corrected chi connectivity index (χ2v) is 4.92. The number of benzene rings is 1. The number of nitrogens with one attached hydrogen (secondary N) is 1. The van der Waals surface area contributed by atoms with Gasteiger partial charge in [0.15, 0.2) is 0 Å². The van der Waals surface area contributed by atoms with Crippen LogP contribution < -0.4 is 11.3 Å². The monoisotopic (exact) mass is 266 g/mol. The van der Waals surface area contributed by atoms with Crippen LogP contribution in [0.2, 0.25) is 0 Å². The van der Waals surface area contributed by atoms with Gasteiger partial charge in [-0.2, -0.15) is 0 Å². The maximum Gasteiger partial charge on any atom is 0.136 e. The van der Waals surface area contributed by atoms with Crippen molar-refractivity contribution in [1.29, 1.82) is 0 Å². The van der Waals surface area contributed by atoms with E-state index in [0.717, 1.165) is 5.82 Å². The van der Waals surface area contributed by atoms with Crippen molar-refractivity contribution >= 4 is 11.8 Å². The number of halogens is 1. The number of thioether (sulfide) groups is 1. The van der Waals surface area contributed by atoms with E-state index in [-0.39, 0.29) is 11.9 Å². The first kappa shape index (κ1) is 13.1. The van der Waals surface area contributed by atoms with Gasteiger partial charge in [-0.25, -0.2) is 14.8 Å². The van der Waals surface area contributed by atoms with E-state index in [0.29, 0.717) is 10.6 Å². The highest BCUT2D eigenvalue weighted by molar-refractivity contribution is 7.99. The predicted octanol–water partition coefficient (Wildman–Crippen LogP) is 1.86. The van der Waals surface area contributed by atoms with Crippen LogP contribution in [0.5, 0.6) is 0 Å². The Hall–Kier alpha value is -1.37. The first-order chi connectivity index (χ1) is 8.72. The van der Waals surface area contributed by atoms with E-state index in [1.54, 1.807) is 18.3 Å². The number of nitrogens with zero attached hydrogens (tertiary/aromatic N) is 2. The second kappa shape index (κ2) is 5.99. The summed E-state index contributed by atoms with van der Waals surface area (Å²) in [5, 5.41) is 0. The molecule has 4 nitrogen and oxygen atoms in total. The standard InChI is InChI=1S/C12H15FN4S/c1-17-7-6-15-12(17)10(16-14)8-18-11-5-3-2-4-9(11)13/h2-7,10,16H,8,14H2,1H3. The molecule has 96 valence electrons. The Kier molecular flexibility index (Phi) is 4.35. The topological polar surface area (TPSA) is 55.9 Å². The van der Waals surface area contributed by atoms with E-state index in [4.69, 9.17) is 5.84 Å². The molecule has 0 aliphatic rings. The second-order valence-electron chi connectivity index (χ2n) is 3.86. The largest absolute Gasteiger partial charge is 0.337 e. The predicted molar refractivity (Wildman–Crippen MR) is 70.4 cm³/mol. The highest BCUT2D eigenvalue weighted by Crippen LogP contribution is 2.25. The van der Waals surface area contributed by atoms with Crippen LogP contribution >= 0.6 is 11.8 Å². The first-order valence-electron chi connectivity index (χ1n) is 5.53. The Morgan fingerprint density at radius 3 is 2.89 bits per heavy atom. The van der Waals surface area contributed by atoms with Crippen LogP contribution in [-0.2, 0) is 7.05 Å². The lowest BCUT2D eigenvalue weighted by atomic mass is 10.3. The maximum absolute atomic E-state index is 13.5. The van der Waals surface area contributed by atoms with Gasteiger partial charge in [0.2, 0.25) is 0 Å². The molecule has 1 atom stereocenters. The summed E-state index contributed by atoms with van der Waals surface area (Å²) in [5.74, 6) is 6.76. The molecule has 0 fully saturated rings. The van der Waals surface area contributed by atoms with Gasteiger partial charge in [0.1, 0.15) is 11.6 Å². The third-order valence-electron chi connectivity index (χ3n) is 2.61.